The molecular weight excluding hydrogens is 250 g/mol. The van der Waals surface area contributed by atoms with E-state index >= 15 is 0 Å². The van der Waals surface area contributed by atoms with Crippen molar-refractivity contribution in [3.63, 3.8) is 0 Å². The number of likely N-dealkylation sites (N-methyl/N-ethyl adjacent to an activating group) is 1. The Morgan fingerprint density at radius 1 is 1.32 bits per heavy atom. The minimum absolute atomic E-state index is 0.0634. The number of aliphatic hydroxyl groups is 1. The van der Waals surface area contributed by atoms with E-state index in [0.717, 1.165) is 10.5 Å². The van der Waals surface area contributed by atoms with E-state index in [2.05, 4.69) is 0 Å². The second kappa shape index (κ2) is 7.38. The molecule has 0 fully saturated rings. The minimum Gasteiger partial charge on any atom is -0.480 e. The topological polar surface area (TPSA) is 87.1 Å². The fourth-order valence-electron chi connectivity index (χ4n) is 1.59. The molecule has 0 heterocycles. The number of amides is 1. The summed E-state index contributed by atoms with van der Waals surface area (Å²) in [6.45, 7) is 1.18. The third kappa shape index (κ3) is 4.26. The smallest absolute Gasteiger partial charge is 0.410 e. The predicted molar refractivity (Wildman–Crippen MR) is 67.5 cm³/mol. The van der Waals surface area contributed by atoms with E-state index in [-0.39, 0.29) is 13.2 Å². The van der Waals surface area contributed by atoms with Crippen LogP contribution in [0.15, 0.2) is 30.3 Å². The quantitative estimate of drug-likeness (QED) is 0.805. The molecule has 0 saturated heterocycles. The number of carbonyl (C=O) groups excluding carboxylic acids is 1. The summed E-state index contributed by atoms with van der Waals surface area (Å²) in [4.78, 5) is 23.7. The van der Waals surface area contributed by atoms with Crippen LogP contribution in [0.2, 0.25) is 0 Å². The SMILES string of the molecule is CCN(C(=O)OCc1ccccc1)C(CO)C(=O)O. The number of hydrogen-bond acceptors (Lipinski definition) is 4. The lowest BCUT2D eigenvalue weighted by atomic mass is 10.2. The Balaban J connectivity index is 2.61. The van der Waals surface area contributed by atoms with E-state index in [4.69, 9.17) is 14.9 Å². The van der Waals surface area contributed by atoms with Gasteiger partial charge < -0.3 is 14.9 Å². The zero-order valence-electron chi connectivity index (χ0n) is 10.7. The van der Waals surface area contributed by atoms with Gasteiger partial charge in [-0.25, -0.2) is 9.59 Å². The molecule has 0 spiro atoms. The largest absolute Gasteiger partial charge is 0.480 e. The van der Waals surface area contributed by atoms with Crippen LogP contribution >= 0.6 is 0 Å². The minimum atomic E-state index is -1.28. The fourth-order valence-corrected chi connectivity index (χ4v) is 1.59. The summed E-state index contributed by atoms with van der Waals surface area (Å²) in [7, 11) is 0. The van der Waals surface area contributed by atoms with Crippen LogP contribution in [0, 0.1) is 0 Å². The molecule has 1 unspecified atom stereocenters. The lowest BCUT2D eigenvalue weighted by Gasteiger charge is -2.25. The number of carbonyl (C=O) groups is 2. The summed E-state index contributed by atoms with van der Waals surface area (Å²) >= 11 is 0. The number of nitrogens with zero attached hydrogens (tertiary/aromatic N) is 1. The average molecular weight is 267 g/mol. The molecule has 0 aliphatic heterocycles. The molecule has 6 nitrogen and oxygen atoms in total. The summed E-state index contributed by atoms with van der Waals surface area (Å²) in [5, 5.41) is 17.9. The maximum atomic E-state index is 11.8. The third-order valence-corrected chi connectivity index (χ3v) is 2.61. The molecule has 2 N–H and O–H groups in total. The highest BCUT2D eigenvalue weighted by molar-refractivity contribution is 5.80. The molecule has 0 radical (unpaired) electrons. The molecule has 0 aromatic heterocycles. The Hall–Kier alpha value is -2.08. The molecule has 104 valence electrons. The molecule has 1 amide bonds. The molecule has 1 aromatic carbocycles. The first-order valence-electron chi connectivity index (χ1n) is 5.91. The van der Waals surface area contributed by atoms with Crippen molar-refractivity contribution in [2.75, 3.05) is 13.2 Å². The molecule has 0 aliphatic rings. The van der Waals surface area contributed by atoms with Crippen LogP contribution in [0.1, 0.15) is 12.5 Å². The summed E-state index contributed by atoms with van der Waals surface area (Å²) in [6.07, 6.45) is -0.757. The van der Waals surface area contributed by atoms with E-state index < -0.39 is 24.7 Å². The molecule has 1 atom stereocenters. The first kappa shape index (κ1) is 15.0. The first-order chi connectivity index (χ1) is 9.10. The van der Waals surface area contributed by atoms with E-state index in [1.807, 2.05) is 18.2 Å². The van der Waals surface area contributed by atoms with Gasteiger partial charge in [-0.1, -0.05) is 30.3 Å². The van der Waals surface area contributed by atoms with E-state index in [9.17, 15) is 9.59 Å². The maximum Gasteiger partial charge on any atom is 0.410 e. The number of benzene rings is 1. The molecule has 6 heteroatoms. The first-order valence-corrected chi connectivity index (χ1v) is 5.91. The number of rotatable bonds is 6. The van der Waals surface area contributed by atoms with Gasteiger partial charge >= 0.3 is 12.1 Å². The zero-order valence-corrected chi connectivity index (χ0v) is 10.7. The maximum absolute atomic E-state index is 11.8. The van der Waals surface area contributed by atoms with Gasteiger partial charge in [0, 0.05) is 6.54 Å². The van der Waals surface area contributed by atoms with Crippen LogP contribution in [0.4, 0.5) is 4.79 Å². The van der Waals surface area contributed by atoms with Crippen LogP contribution in [0.25, 0.3) is 0 Å². The van der Waals surface area contributed by atoms with Crippen molar-refractivity contribution in [1.82, 2.24) is 4.90 Å². The number of carboxylic acid groups (broad SMARTS) is 1. The van der Waals surface area contributed by atoms with Crippen molar-refractivity contribution < 1.29 is 24.5 Å². The Labute approximate surface area is 111 Å². The van der Waals surface area contributed by atoms with Gasteiger partial charge in [0.05, 0.1) is 6.61 Å². The van der Waals surface area contributed by atoms with Crippen molar-refractivity contribution in [2.45, 2.75) is 19.6 Å². The highest BCUT2D eigenvalue weighted by Crippen LogP contribution is 2.06. The molecule has 0 saturated carbocycles. The molecule has 0 bridgehead atoms. The number of carboxylic acids is 1. The summed E-state index contributed by atoms with van der Waals surface area (Å²) in [5.41, 5.74) is 0.808. The number of hydrogen-bond donors (Lipinski definition) is 2. The van der Waals surface area contributed by atoms with Gasteiger partial charge in [0.15, 0.2) is 6.04 Å². The fraction of sp³-hybridized carbons (Fsp3) is 0.385. The van der Waals surface area contributed by atoms with Gasteiger partial charge in [-0.05, 0) is 12.5 Å². The number of ether oxygens (including phenoxy) is 1. The molecule has 1 rings (SSSR count). The molecule has 1 aromatic rings. The lowest BCUT2D eigenvalue weighted by Crippen LogP contribution is -2.47. The Morgan fingerprint density at radius 2 is 1.95 bits per heavy atom. The highest BCUT2D eigenvalue weighted by atomic mass is 16.6. The zero-order chi connectivity index (χ0) is 14.3. The van der Waals surface area contributed by atoms with Crippen molar-refractivity contribution in [2.24, 2.45) is 0 Å². The van der Waals surface area contributed by atoms with Gasteiger partial charge in [0.1, 0.15) is 6.61 Å². The third-order valence-electron chi connectivity index (χ3n) is 2.61. The van der Waals surface area contributed by atoms with Gasteiger partial charge in [-0.3, -0.25) is 4.90 Å². The van der Waals surface area contributed by atoms with Crippen LogP contribution < -0.4 is 0 Å². The molecule has 0 aliphatic carbocycles. The standard InChI is InChI=1S/C13H17NO5/c1-2-14(11(8-15)12(16)17)13(18)19-9-10-6-4-3-5-7-10/h3-7,11,15H,2,8-9H2,1H3,(H,16,17). The monoisotopic (exact) mass is 267 g/mol. The molecule has 19 heavy (non-hydrogen) atoms. The van der Waals surface area contributed by atoms with Crippen molar-refractivity contribution in [3.8, 4) is 0 Å². The predicted octanol–water partition coefficient (Wildman–Crippen LogP) is 1.09. The van der Waals surface area contributed by atoms with Crippen LogP contribution in [-0.2, 0) is 16.1 Å². The van der Waals surface area contributed by atoms with Crippen molar-refractivity contribution in [1.29, 1.82) is 0 Å². The number of aliphatic hydroxyl groups excluding tert-OH is 1. The van der Waals surface area contributed by atoms with Crippen LogP contribution in [0.3, 0.4) is 0 Å². The Kier molecular flexibility index (Phi) is 5.81. The lowest BCUT2D eigenvalue weighted by molar-refractivity contribution is -0.144. The summed E-state index contributed by atoms with van der Waals surface area (Å²) in [6, 6.07) is 7.78. The highest BCUT2D eigenvalue weighted by Gasteiger charge is 2.28. The summed E-state index contributed by atoms with van der Waals surface area (Å²) < 4.78 is 5.03. The normalized spacial score (nSPS) is 11.7. The average Bonchev–Trinajstić information content (AvgIpc) is 2.42. The van der Waals surface area contributed by atoms with E-state index in [1.165, 1.54) is 0 Å². The Morgan fingerprint density at radius 3 is 2.42 bits per heavy atom. The van der Waals surface area contributed by atoms with E-state index in [0.29, 0.717) is 0 Å². The van der Waals surface area contributed by atoms with Crippen molar-refractivity contribution in [3.05, 3.63) is 35.9 Å². The molecular formula is C13H17NO5. The number of aliphatic carboxylic acids is 1. The van der Waals surface area contributed by atoms with Gasteiger partial charge in [-0.2, -0.15) is 0 Å². The van der Waals surface area contributed by atoms with Gasteiger partial charge in [0.25, 0.3) is 0 Å². The van der Waals surface area contributed by atoms with Gasteiger partial charge in [0.2, 0.25) is 0 Å². The van der Waals surface area contributed by atoms with Crippen LogP contribution in [0.5, 0.6) is 0 Å². The second-order valence-electron chi connectivity index (χ2n) is 3.86. The van der Waals surface area contributed by atoms with E-state index in [1.54, 1.807) is 19.1 Å². The Bertz CT molecular complexity index is 420. The second-order valence-corrected chi connectivity index (χ2v) is 3.86. The summed E-state index contributed by atoms with van der Waals surface area (Å²) in [5.74, 6) is -1.26. The van der Waals surface area contributed by atoms with Crippen LogP contribution in [-0.4, -0.2) is 46.4 Å². The van der Waals surface area contributed by atoms with Crippen molar-refractivity contribution >= 4 is 12.1 Å². The van der Waals surface area contributed by atoms with Gasteiger partial charge in [-0.15, -0.1) is 0 Å².